The minimum absolute atomic E-state index is 0.0268. The molecule has 10 nitrogen and oxygen atoms in total. The van der Waals surface area contributed by atoms with Crippen LogP contribution in [-0.2, 0) is 27.4 Å². The number of morpholine rings is 1. The summed E-state index contributed by atoms with van der Waals surface area (Å²) in [5.74, 6) is 0.691. The summed E-state index contributed by atoms with van der Waals surface area (Å²) >= 11 is 0. The number of benzene rings is 1. The van der Waals surface area contributed by atoms with Crippen LogP contribution in [0.15, 0.2) is 24.3 Å². The van der Waals surface area contributed by atoms with Gasteiger partial charge in [0, 0.05) is 36.0 Å². The van der Waals surface area contributed by atoms with Crippen molar-refractivity contribution >= 4 is 23.6 Å². The Morgan fingerprint density at radius 2 is 1.89 bits per heavy atom. The molecule has 3 fully saturated rings. The van der Waals surface area contributed by atoms with E-state index in [4.69, 9.17) is 19.4 Å². The van der Waals surface area contributed by atoms with Crippen molar-refractivity contribution in [1.29, 1.82) is 0 Å². The van der Waals surface area contributed by atoms with Crippen molar-refractivity contribution in [1.82, 2.24) is 20.2 Å². The van der Waals surface area contributed by atoms with E-state index in [0.717, 1.165) is 60.4 Å². The van der Waals surface area contributed by atoms with Gasteiger partial charge in [-0.25, -0.2) is 14.8 Å². The molecule has 1 aromatic heterocycles. The van der Waals surface area contributed by atoms with Gasteiger partial charge in [0.2, 0.25) is 5.95 Å². The second-order valence-corrected chi connectivity index (χ2v) is 10.1. The fourth-order valence-electron chi connectivity index (χ4n) is 5.06. The first kappa shape index (κ1) is 23.2. The highest BCUT2D eigenvalue weighted by atomic mass is 16.5. The van der Waals surface area contributed by atoms with Crippen LogP contribution in [0.3, 0.4) is 0 Å². The summed E-state index contributed by atoms with van der Waals surface area (Å²) < 4.78 is 11.3. The Morgan fingerprint density at radius 3 is 2.61 bits per heavy atom. The molecule has 2 unspecified atom stereocenters. The van der Waals surface area contributed by atoms with Gasteiger partial charge in [0.25, 0.3) is 5.91 Å². The lowest BCUT2D eigenvalue weighted by Crippen LogP contribution is -2.44. The summed E-state index contributed by atoms with van der Waals surface area (Å²) in [5.41, 5.74) is 4.32. The average molecular weight is 493 g/mol. The minimum Gasteiger partial charge on any atom is -0.377 e. The molecule has 0 spiro atoms. The molecule has 4 aliphatic rings. The second-order valence-electron chi connectivity index (χ2n) is 10.1. The van der Waals surface area contributed by atoms with E-state index in [9.17, 15) is 9.59 Å². The van der Waals surface area contributed by atoms with Crippen molar-refractivity contribution < 1.29 is 19.1 Å². The largest absolute Gasteiger partial charge is 0.377 e. The van der Waals surface area contributed by atoms with Gasteiger partial charge in [-0.3, -0.25) is 4.79 Å². The molecule has 6 rings (SSSR count). The van der Waals surface area contributed by atoms with Crippen molar-refractivity contribution in [2.45, 2.75) is 63.9 Å². The molecule has 190 valence electrons. The maximum Gasteiger partial charge on any atom is 0.319 e. The van der Waals surface area contributed by atoms with Crippen LogP contribution < -0.4 is 15.5 Å². The summed E-state index contributed by atoms with van der Waals surface area (Å²) in [5, 5.41) is 5.83. The zero-order valence-electron chi connectivity index (χ0n) is 20.5. The van der Waals surface area contributed by atoms with Crippen LogP contribution >= 0.6 is 0 Å². The first-order valence-corrected chi connectivity index (χ1v) is 12.9. The molecule has 1 aliphatic carbocycles. The Hall–Kier alpha value is -3.24. The zero-order valence-corrected chi connectivity index (χ0v) is 20.5. The quantitative estimate of drug-likeness (QED) is 0.661. The Morgan fingerprint density at radius 1 is 1.06 bits per heavy atom. The molecule has 0 radical (unpaired) electrons. The molecule has 1 aromatic carbocycles. The van der Waals surface area contributed by atoms with Crippen LogP contribution in [0, 0.1) is 0 Å². The van der Waals surface area contributed by atoms with Crippen LogP contribution in [-0.4, -0.2) is 71.4 Å². The number of nitrogens with one attached hydrogen (secondary N) is 2. The highest BCUT2D eigenvalue weighted by Gasteiger charge is 2.35. The van der Waals surface area contributed by atoms with Crippen LogP contribution in [0.2, 0.25) is 0 Å². The molecule has 10 heteroatoms. The van der Waals surface area contributed by atoms with Crippen LogP contribution in [0.5, 0.6) is 0 Å². The normalized spacial score (nSPS) is 23.5. The highest BCUT2D eigenvalue weighted by molar-refractivity contribution is 5.90. The number of hydrogen-bond donors (Lipinski definition) is 2. The molecule has 2 saturated heterocycles. The van der Waals surface area contributed by atoms with E-state index < -0.39 is 0 Å². The van der Waals surface area contributed by atoms with E-state index in [2.05, 4.69) is 22.5 Å². The molecule has 1 saturated carbocycles. The van der Waals surface area contributed by atoms with Crippen molar-refractivity contribution in [3.05, 3.63) is 35.5 Å². The number of aromatic nitrogens is 2. The summed E-state index contributed by atoms with van der Waals surface area (Å²) in [6.07, 6.45) is 3.41. The van der Waals surface area contributed by atoms with Crippen molar-refractivity contribution in [2.75, 3.05) is 36.6 Å². The number of carbonyl (C=O) groups excluding carboxylic acids is 2. The van der Waals surface area contributed by atoms with Gasteiger partial charge in [-0.1, -0.05) is 12.1 Å². The fraction of sp³-hybridized carbons (Fsp3) is 0.538. The van der Waals surface area contributed by atoms with Crippen LogP contribution in [0.25, 0.3) is 11.3 Å². The second kappa shape index (κ2) is 9.67. The lowest BCUT2D eigenvalue weighted by atomic mass is 10.1. The maximum atomic E-state index is 13.1. The first-order valence-electron chi connectivity index (χ1n) is 12.9. The predicted molar refractivity (Wildman–Crippen MR) is 133 cm³/mol. The van der Waals surface area contributed by atoms with Gasteiger partial charge in [0.1, 0.15) is 6.10 Å². The number of urea groups is 1. The Labute approximate surface area is 210 Å². The molecule has 4 heterocycles. The Kier molecular flexibility index (Phi) is 6.22. The number of carbonyl (C=O) groups is 2. The fourth-order valence-corrected chi connectivity index (χ4v) is 5.06. The smallest absolute Gasteiger partial charge is 0.319 e. The van der Waals surface area contributed by atoms with Crippen molar-refractivity contribution in [2.24, 2.45) is 0 Å². The summed E-state index contributed by atoms with van der Waals surface area (Å²) in [6.45, 7) is 5.64. The van der Waals surface area contributed by atoms with Gasteiger partial charge in [0.05, 0.1) is 43.7 Å². The first-order chi connectivity index (χ1) is 17.5. The average Bonchev–Trinajstić information content (AvgIpc) is 3.34. The molecule has 3 amide bonds. The maximum absolute atomic E-state index is 13.1. The summed E-state index contributed by atoms with van der Waals surface area (Å²) in [7, 11) is 0. The standard InChI is InChI=1S/C26H32N6O4/c1-16-15-35-12-10-32(16)25-29-21-14-31(24(33)22-3-2-11-36-22)13-20(21)23(30-25)17-4-6-18(7-5-17)27-26(34)28-19-8-9-19/h4-7,16,19,22H,2-3,8-15H2,1H3,(H2,27,28,34). The third-order valence-electron chi connectivity index (χ3n) is 7.24. The van der Waals surface area contributed by atoms with Gasteiger partial charge in [-0.2, -0.15) is 0 Å². The van der Waals surface area contributed by atoms with Gasteiger partial charge in [-0.15, -0.1) is 0 Å². The molecule has 0 bridgehead atoms. The van der Waals surface area contributed by atoms with Crippen LogP contribution in [0.4, 0.5) is 16.4 Å². The SMILES string of the molecule is CC1COCCN1c1nc2c(c(-c3ccc(NC(=O)NC4CC4)cc3)n1)CN(C(=O)C1CCCO1)C2. The van der Waals surface area contributed by atoms with E-state index in [0.29, 0.717) is 44.9 Å². The number of hydrogen-bond acceptors (Lipinski definition) is 7. The van der Waals surface area contributed by atoms with E-state index in [1.54, 1.807) is 0 Å². The molecule has 3 aliphatic heterocycles. The third kappa shape index (κ3) is 4.75. The van der Waals surface area contributed by atoms with Crippen molar-refractivity contribution in [3.63, 3.8) is 0 Å². The number of anilines is 2. The molecular formula is C26H32N6O4. The minimum atomic E-state index is -0.360. The molecular weight excluding hydrogens is 460 g/mol. The lowest BCUT2D eigenvalue weighted by molar-refractivity contribution is -0.141. The Balaban J connectivity index is 1.29. The Bertz CT molecular complexity index is 1150. The topological polar surface area (TPSA) is 109 Å². The number of nitrogens with zero attached hydrogens (tertiary/aromatic N) is 4. The van der Waals surface area contributed by atoms with E-state index >= 15 is 0 Å². The van der Waals surface area contributed by atoms with E-state index in [1.165, 1.54) is 0 Å². The van der Waals surface area contributed by atoms with E-state index in [-0.39, 0.29) is 24.1 Å². The van der Waals surface area contributed by atoms with Gasteiger partial charge < -0.3 is 29.9 Å². The molecule has 2 atom stereocenters. The number of rotatable bonds is 5. The lowest BCUT2D eigenvalue weighted by Gasteiger charge is -2.33. The van der Waals surface area contributed by atoms with Gasteiger partial charge in [0.15, 0.2) is 0 Å². The van der Waals surface area contributed by atoms with E-state index in [1.807, 2.05) is 29.2 Å². The number of fused-ring (bicyclic) bond motifs is 1. The molecule has 2 N–H and O–H groups in total. The summed E-state index contributed by atoms with van der Waals surface area (Å²) in [6, 6.07) is 7.98. The monoisotopic (exact) mass is 492 g/mol. The number of ether oxygens (including phenoxy) is 2. The number of amides is 3. The molecule has 36 heavy (non-hydrogen) atoms. The predicted octanol–water partition coefficient (Wildman–Crippen LogP) is 2.67. The third-order valence-corrected chi connectivity index (χ3v) is 7.24. The van der Waals surface area contributed by atoms with Gasteiger partial charge >= 0.3 is 6.03 Å². The van der Waals surface area contributed by atoms with Crippen LogP contribution in [0.1, 0.15) is 43.9 Å². The highest BCUT2D eigenvalue weighted by Crippen LogP contribution is 2.34. The summed E-state index contributed by atoms with van der Waals surface area (Å²) in [4.78, 5) is 39.2. The van der Waals surface area contributed by atoms with Gasteiger partial charge in [-0.05, 0) is 44.7 Å². The van der Waals surface area contributed by atoms with Crippen molar-refractivity contribution in [3.8, 4) is 11.3 Å². The molecule has 2 aromatic rings. The zero-order chi connectivity index (χ0) is 24.6.